The number of carbonyl (C=O) groups is 2. The number of nitrogens with zero attached hydrogens (tertiary/aromatic N) is 1. The molecule has 2 aromatic rings. The third-order valence-corrected chi connectivity index (χ3v) is 3.74. The molecule has 0 spiro atoms. The molecule has 0 fully saturated rings. The van der Waals surface area contributed by atoms with Crippen molar-refractivity contribution in [2.45, 2.75) is 13.3 Å². The fourth-order valence-electron chi connectivity index (χ4n) is 2.26. The van der Waals surface area contributed by atoms with Crippen LogP contribution in [0.25, 0.3) is 0 Å². The van der Waals surface area contributed by atoms with Crippen LogP contribution in [-0.2, 0) is 9.59 Å². The van der Waals surface area contributed by atoms with Gasteiger partial charge in [-0.15, -0.1) is 0 Å². The topological polar surface area (TPSA) is 58.6 Å². The fraction of sp³-hybridized carbons (Fsp3) is 0.222. The van der Waals surface area contributed by atoms with E-state index in [1.165, 1.54) is 14.0 Å². The number of anilines is 2. The molecule has 0 atom stereocenters. The Hall–Kier alpha value is -2.53. The average molecular weight is 347 g/mol. The SMILES string of the molecule is COc1ccc(NC(=O)CCN(C(C)=O)c2ccccc2)cc1Cl. The van der Waals surface area contributed by atoms with Crippen LogP contribution in [0, 0.1) is 0 Å². The summed E-state index contributed by atoms with van der Waals surface area (Å²) in [5, 5.41) is 3.18. The summed E-state index contributed by atoms with van der Waals surface area (Å²) in [5.41, 5.74) is 1.35. The summed E-state index contributed by atoms with van der Waals surface area (Å²) >= 11 is 6.03. The van der Waals surface area contributed by atoms with Crippen molar-refractivity contribution in [3.05, 3.63) is 53.6 Å². The molecule has 1 N–H and O–H groups in total. The lowest BCUT2D eigenvalue weighted by Gasteiger charge is -2.20. The third-order valence-electron chi connectivity index (χ3n) is 3.45. The van der Waals surface area contributed by atoms with Gasteiger partial charge in [-0.2, -0.15) is 0 Å². The van der Waals surface area contributed by atoms with Crippen molar-refractivity contribution in [2.24, 2.45) is 0 Å². The van der Waals surface area contributed by atoms with Crippen LogP contribution in [-0.4, -0.2) is 25.5 Å². The predicted molar refractivity (Wildman–Crippen MR) is 95.7 cm³/mol. The number of hydrogen-bond donors (Lipinski definition) is 1. The van der Waals surface area contributed by atoms with Gasteiger partial charge in [0.15, 0.2) is 0 Å². The predicted octanol–water partition coefficient (Wildman–Crippen LogP) is 3.73. The molecule has 0 unspecified atom stereocenters. The quantitative estimate of drug-likeness (QED) is 0.867. The van der Waals surface area contributed by atoms with Gasteiger partial charge in [-0.1, -0.05) is 29.8 Å². The molecule has 6 heteroatoms. The number of benzene rings is 2. The molecule has 0 aliphatic carbocycles. The molecule has 0 aliphatic heterocycles. The van der Waals surface area contributed by atoms with Gasteiger partial charge in [-0.05, 0) is 30.3 Å². The molecule has 0 aromatic heterocycles. The van der Waals surface area contributed by atoms with Gasteiger partial charge in [0.2, 0.25) is 11.8 Å². The summed E-state index contributed by atoms with van der Waals surface area (Å²) in [7, 11) is 1.53. The van der Waals surface area contributed by atoms with Crippen molar-refractivity contribution in [1.82, 2.24) is 0 Å². The first-order chi connectivity index (χ1) is 11.5. The number of amides is 2. The van der Waals surface area contributed by atoms with E-state index in [0.717, 1.165) is 5.69 Å². The normalized spacial score (nSPS) is 10.1. The minimum absolute atomic E-state index is 0.110. The maximum atomic E-state index is 12.1. The zero-order valence-corrected chi connectivity index (χ0v) is 14.3. The largest absolute Gasteiger partial charge is 0.495 e. The second kappa shape index (κ2) is 8.36. The van der Waals surface area contributed by atoms with Crippen molar-refractivity contribution in [3.8, 4) is 5.75 Å². The maximum Gasteiger partial charge on any atom is 0.226 e. The van der Waals surface area contributed by atoms with Gasteiger partial charge < -0.3 is 15.0 Å². The van der Waals surface area contributed by atoms with Crippen LogP contribution >= 0.6 is 11.6 Å². The number of carbonyl (C=O) groups excluding carboxylic acids is 2. The van der Waals surface area contributed by atoms with E-state index < -0.39 is 0 Å². The van der Waals surface area contributed by atoms with E-state index in [9.17, 15) is 9.59 Å². The molecule has 0 radical (unpaired) electrons. The monoisotopic (exact) mass is 346 g/mol. The summed E-state index contributed by atoms with van der Waals surface area (Å²) in [4.78, 5) is 25.5. The van der Waals surface area contributed by atoms with E-state index in [2.05, 4.69) is 5.32 Å². The van der Waals surface area contributed by atoms with E-state index in [1.807, 2.05) is 30.3 Å². The van der Waals surface area contributed by atoms with E-state index in [-0.39, 0.29) is 18.2 Å². The number of rotatable bonds is 6. The zero-order chi connectivity index (χ0) is 17.5. The van der Waals surface area contributed by atoms with Gasteiger partial charge in [-0.3, -0.25) is 9.59 Å². The van der Waals surface area contributed by atoms with Crippen LogP contribution in [0.1, 0.15) is 13.3 Å². The Kier molecular flexibility index (Phi) is 6.21. The number of nitrogens with one attached hydrogen (secondary N) is 1. The lowest BCUT2D eigenvalue weighted by atomic mass is 10.2. The van der Waals surface area contributed by atoms with Gasteiger partial charge in [0.25, 0.3) is 0 Å². The van der Waals surface area contributed by atoms with E-state index in [4.69, 9.17) is 16.3 Å². The first-order valence-corrected chi connectivity index (χ1v) is 7.85. The van der Waals surface area contributed by atoms with Crippen molar-refractivity contribution < 1.29 is 14.3 Å². The molecule has 24 heavy (non-hydrogen) atoms. The van der Waals surface area contributed by atoms with Gasteiger partial charge in [0, 0.05) is 31.3 Å². The summed E-state index contributed by atoms with van der Waals surface area (Å²) in [6.45, 7) is 1.78. The highest BCUT2D eigenvalue weighted by Crippen LogP contribution is 2.27. The molecular weight excluding hydrogens is 328 g/mol. The Morgan fingerprint density at radius 3 is 2.46 bits per heavy atom. The minimum atomic E-state index is -0.196. The molecule has 0 saturated carbocycles. The number of para-hydroxylation sites is 1. The lowest BCUT2D eigenvalue weighted by molar-refractivity contribution is -0.117. The number of hydrogen-bond acceptors (Lipinski definition) is 3. The second-order valence-electron chi connectivity index (χ2n) is 5.15. The Bertz CT molecular complexity index is 719. The van der Waals surface area contributed by atoms with Crippen LogP contribution < -0.4 is 15.0 Å². The molecule has 0 heterocycles. The molecule has 5 nitrogen and oxygen atoms in total. The Morgan fingerprint density at radius 1 is 1.17 bits per heavy atom. The summed E-state index contributed by atoms with van der Waals surface area (Å²) in [5.74, 6) is 0.237. The number of ether oxygens (including phenoxy) is 1. The molecule has 2 rings (SSSR count). The number of methoxy groups -OCH3 is 1. The van der Waals surface area contributed by atoms with Crippen LogP contribution in [0.4, 0.5) is 11.4 Å². The van der Waals surface area contributed by atoms with Crippen LogP contribution in [0.3, 0.4) is 0 Å². The highest BCUT2D eigenvalue weighted by Gasteiger charge is 2.13. The average Bonchev–Trinajstić information content (AvgIpc) is 2.56. The van der Waals surface area contributed by atoms with Crippen LogP contribution in [0.5, 0.6) is 5.75 Å². The summed E-state index contributed by atoms with van der Waals surface area (Å²) in [6.07, 6.45) is 0.179. The first-order valence-electron chi connectivity index (χ1n) is 7.48. The van der Waals surface area contributed by atoms with Crippen molar-refractivity contribution in [3.63, 3.8) is 0 Å². The summed E-state index contributed by atoms with van der Waals surface area (Å²) < 4.78 is 5.07. The van der Waals surface area contributed by atoms with Crippen molar-refractivity contribution >= 4 is 34.8 Å². The third kappa shape index (κ3) is 4.73. The van der Waals surface area contributed by atoms with Gasteiger partial charge in [-0.25, -0.2) is 0 Å². The Morgan fingerprint density at radius 2 is 1.88 bits per heavy atom. The van der Waals surface area contributed by atoms with Crippen molar-refractivity contribution in [1.29, 1.82) is 0 Å². The van der Waals surface area contributed by atoms with Gasteiger partial charge >= 0.3 is 0 Å². The lowest BCUT2D eigenvalue weighted by Crippen LogP contribution is -2.31. The van der Waals surface area contributed by atoms with E-state index in [1.54, 1.807) is 23.1 Å². The summed E-state index contributed by atoms with van der Waals surface area (Å²) in [6, 6.07) is 14.3. The standard InChI is InChI=1S/C18H19ClN2O3/c1-13(22)21(15-6-4-3-5-7-15)11-10-18(23)20-14-8-9-17(24-2)16(19)12-14/h3-9,12H,10-11H2,1-2H3,(H,20,23). The van der Waals surface area contributed by atoms with Gasteiger partial charge in [0.1, 0.15) is 5.75 Å². The molecule has 0 aliphatic rings. The molecule has 0 saturated heterocycles. The van der Waals surface area contributed by atoms with Crippen molar-refractivity contribution in [2.75, 3.05) is 23.9 Å². The second-order valence-corrected chi connectivity index (χ2v) is 5.56. The Labute approximate surface area is 146 Å². The highest BCUT2D eigenvalue weighted by atomic mass is 35.5. The molecule has 126 valence electrons. The van der Waals surface area contributed by atoms with Gasteiger partial charge in [0.05, 0.1) is 12.1 Å². The first kappa shape index (κ1) is 17.8. The van der Waals surface area contributed by atoms with E-state index in [0.29, 0.717) is 23.0 Å². The maximum absolute atomic E-state index is 12.1. The Balaban J connectivity index is 1.96. The molecule has 2 amide bonds. The minimum Gasteiger partial charge on any atom is -0.495 e. The molecular formula is C18H19ClN2O3. The molecule has 2 aromatic carbocycles. The zero-order valence-electron chi connectivity index (χ0n) is 13.6. The van der Waals surface area contributed by atoms with Crippen LogP contribution in [0.2, 0.25) is 5.02 Å². The molecule has 0 bridgehead atoms. The van der Waals surface area contributed by atoms with Crippen LogP contribution in [0.15, 0.2) is 48.5 Å². The number of halogens is 1. The highest BCUT2D eigenvalue weighted by molar-refractivity contribution is 6.32. The fourth-order valence-corrected chi connectivity index (χ4v) is 2.51. The smallest absolute Gasteiger partial charge is 0.226 e. The van der Waals surface area contributed by atoms with E-state index >= 15 is 0 Å².